The van der Waals surface area contributed by atoms with Crippen LogP contribution in [0.25, 0.3) is 0 Å². The standard InChI is InChI=1S/C38H43ClN2O6/c1-2-3-4-5-6-7-8-9-10-11-12-18-25-47-38(46)28-23-24-31(39)32(26-28)40-35(43)33(34(42)27-19-14-13-15-20-27)41-36(44)29-21-16-17-22-30(29)37(41)45/h13-17,19-24,26,33H,2-12,18,25H2,1H3,(H,40,43). The van der Waals surface area contributed by atoms with Gasteiger partial charge in [-0.05, 0) is 36.8 Å². The number of amides is 3. The lowest BCUT2D eigenvalue weighted by Gasteiger charge is -2.24. The normalized spacial score (nSPS) is 12.9. The molecule has 0 aliphatic carbocycles. The number of ether oxygens (including phenoxy) is 1. The van der Waals surface area contributed by atoms with Crippen molar-refractivity contribution in [3.63, 3.8) is 0 Å². The van der Waals surface area contributed by atoms with Crippen LogP contribution < -0.4 is 5.32 Å². The molecule has 1 N–H and O–H groups in total. The van der Waals surface area contributed by atoms with Gasteiger partial charge in [-0.1, -0.05) is 132 Å². The van der Waals surface area contributed by atoms with E-state index in [1.54, 1.807) is 30.3 Å². The number of imide groups is 1. The van der Waals surface area contributed by atoms with E-state index >= 15 is 0 Å². The highest BCUT2D eigenvalue weighted by molar-refractivity contribution is 6.34. The van der Waals surface area contributed by atoms with Gasteiger partial charge in [0.15, 0.2) is 11.8 Å². The van der Waals surface area contributed by atoms with E-state index in [2.05, 4.69) is 12.2 Å². The van der Waals surface area contributed by atoms with Crippen LogP contribution in [0.4, 0.5) is 5.69 Å². The van der Waals surface area contributed by atoms with Crippen LogP contribution in [0.5, 0.6) is 0 Å². The largest absolute Gasteiger partial charge is 0.462 e. The molecule has 4 rings (SSSR count). The Balaban J connectivity index is 1.33. The second-order valence-electron chi connectivity index (χ2n) is 11.9. The lowest BCUT2D eigenvalue weighted by atomic mass is 10.0. The highest BCUT2D eigenvalue weighted by Gasteiger charge is 2.46. The molecule has 1 atom stereocenters. The van der Waals surface area contributed by atoms with Gasteiger partial charge in [0.1, 0.15) is 0 Å². The molecule has 0 fully saturated rings. The van der Waals surface area contributed by atoms with Crippen LogP contribution in [0, 0.1) is 0 Å². The maximum absolute atomic E-state index is 13.7. The molecule has 47 heavy (non-hydrogen) atoms. The van der Waals surface area contributed by atoms with E-state index in [4.69, 9.17) is 16.3 Å². The molecule has 1 aliphatic heterocycles. The van der Waals surface area contributed by atoms with E-state index in [9.17, 15) is 24.0 Å². The number of carbonyl (C=O) groups is 5. The zero-order valence-electron chi connectivity index (χ0n) is 27.0. The van der Waals surface area contributed by atoms with Crippen LogP contribution >= 0.6 is 11.6 Å². The van der Waals surface area contributed by atoms with Gasteiger partial charge in [0.2, 0.25) is 0 Å². The number of unbranched alkanes of at least 4 members (excludes halogenated alkanes) is 11. The molecule has 0 saturated heterocycles. The molecule has 0 radical (unpaired) electrons. The maximum Gasteiger partial charge on any atom is 0.338 e. The summed E-state index contributed by atoms with van der Waals surface area (Å²) in [4.78, 5) is 67.5. The van der Waals surface area contributed by atoms with Gasteiger partial charge in [-0.25, -0.2) is 4.79 Å². The number of nitrogens with one attached hydrogen (secondary N) is 1. The van der Waals surface area contributed by atoms with Crippen LogP contribution in [-0.2, 0) is 9.53 Å². The number of Topliss-reactive ketones (excluding diaryl/α,β-unsaturated/α-hetero) is 1. The summed E-state index contributed by atoms with van der Waals surface area (Å²) in [6, 6.07) is 16.6. The number of carbonyl (C=O) groups excluding carboxylic acids is 5. The first-order valence-electron chi connectivity index (χ1n) is 16.7. The van der Waals surface area contributed by atoms with Gasteiger partial charge in [0, 0.05) is 5.56 Å². The average Bonchev–Trinajstić information content (AvgIpc) is 3.33. The van der Waals surface area contributed by atoms with Crippen molar-refractivity contribution in [1.82, 2.24) is 4.90 Å². The fraction of sp³-hybridized carbons (Fsp3) is 0.395. The Bertz CT molecular complexity index is 1520. The smallest absolute Gasteiger partial charge is 0.338 e. The number of halogens is 1. The first-order valence-corrected chi connectivity index (χ1v) is 17.0. The molecule has 1 heterocycles. The minimum Gasteiger partial charge on any atom is -0.462 e. The number of esters is 1. The SMILES string of the molecule is CCCCCCCCCCCCCCOC(=O)c1ccc(Cl)c(NC(=O)C(C(=O)c2ccccc2)N2C(=O)c3ccccc3C2=O)c1. The van der Waals surface area contributed by atoms with Crippen molar-refractivity contribution in [1.29, 1.82) is 0 Å². The Morgan fingerprint density at radius 1 is 0.702 bits per heavy atom. The summed E-state index contributed by atoms with van der Waals surface area (Å²) in [7, 11) is 0. The molecule has 1 aliphatic rings. The monoisotopic (exact) mass is 658 g/mol. The number of nitrogens with zero attached hydrogens (tertiary/aromatic N) is 1. The fourth-order valence-electron chi connectivity index (χ4n) is 5.70. The lowest BCUT2D eigenvalue weighted by Crippen LogP contribution is -2.52. The first-order chi connectivity index (χ1) is 22.8. The molecular weight excluding hydrogens is 616 g/mol. The Hall–Kier alpha value is -4.30. The van der Waals surface area contributed by atoms with Gasteiger partial charge in [-0.2, -0.15) is 0 Å². The van der Waals surface area contributed by atoms with E-state index in [-0.39, 0.29) is 39.6 Å². The van der Waals surface area contributed by atoms with Crippen molar-refractivity contribution in [2.75, 3.05) is 11.9 Å². The van der Waals surface area contributed by atoms with E-state index in [0.29, 0.717) is 4.90 Å². The topological polar surface area (TPSA) is 110 Å². The van der Waals surface area contributed by atoms with Crippen LogP contribution in [0.15, 0.2) is 72.8 Å². The van der Waals surface area contributed by atoms with Crippen molar-refractivity contribution in [3.05, 3.63) is 100 Å². The Morgan fingerprint density at radius 2 is 1.23 bits per heavy atom. The molecule has 0 bridgehead atoms. The summed E-state index contributed by atoms with van der Waals surface area (Å²) in [6.07, 6.45) is 14.4. The number of hydrogen-bond donors (Lipinski definition) is 1. The first kappa shape index (κ1) is 35.6. The number of anilines is 1. The van der Waals surface area contributed by atoms with Crippen molar-refractivity contribution < 1.29 is 28.7 Å². The second kappa shape index (κ2) is 18.1. The minimum atomic E-state index is -1.82. The summed E-state index contributed by atoms with van der Waals surface area (Å²) in [5.74, 6) is -3.77. The van der Waals surface area contributed by atoms with Gasteiger partial charge in [0.05, 0.1) is 34.0 Å². The molecule has 8 nitrogen and oxygen atoms in total. The summed E-state index contributed by atoms with van der Waals surface area (Å²) in [6.45, 7) is 2.50. The highest BCUT2D eigenvalue weighted by Crippen LogP contribution is 2.29. The second-order valence-corrected chi connectivity index (χ2v) is 12.3. The third kappa shape index (κ3) is 9.61. The number of rotatable bonds is 19. The quantitative estimate of drug-likeness (QED) is 0.0454. The minimum absolute atomic E-state index is 0.0407. The van der Waals surface area contributed by atoms with Crippen LogP contribution in [0.1, 0.15) is 125 Å². The van der Waals surface area contributed by atoms with Crippen LogP contribution in [-0.4, -0.2) is 47.0 Å². The number of ketones is 1. The van der Waals surface area contributed by atoms with Crippen LogP contribution in [0.3, 0.4) is 0 Å². The van der Waals surface area contributed by atoms with Gasteiger partial charge in [0.25, 0.3) is 17.7 Å². The molecule has 0 aromatic heterocycles. The van der Waals surface area contributed by atoms with Crippen molar-refractivity contribution in [3.8, 4) is 0 Å². The molecule has 3 aromatic rings. The van der Waals surface area contributed by atoms with E-state index < -0.39 is 35.5 Å². The Kier molecular flexibility index (Phi) is 13.7. The molecule has 3 amide bonds. The van der Waals surface area contributed by atoms with Crippen LogP contribution in [0.2, 0.25) is 5.02 Å². The van der Waals surface area contributed by atoms with Gasteiger partial charge >= 0.3 is 5.97 Å². The molecular formula is C38H43ClN2O6. The van der Waals surface area contributed by atoms with Crippen molar-refractivity contribution >= 4 is 46.8 Å². The molecule has 9 heteroatoms. The Morgan fingerprint density at radius 3 is 1.81 bits per heavy atom. The fourth-order valence-corrected chi connectivity index (χ4v) is 5.86. The third-order valence-electron chi connectivity index (χ3n) is 8.33. The lowest BCUT2D eigenvalue weighted by molar-refractivity contribution is -0.118. The summed E-state index contributed by atoms with van der Waals surface area (Å²) < 4.78 is 5.46. The molecule has 3 aromatic carbocycles. The molecule has 0 saturated carbocycles. The van der Waals surface area contributed by atoms with Gasteiger partial charge in [-0.3, -0.25) is 24.1 Å². The molecule has 248 valence electrons. The number of benzene rings is 3. The summed E-state index contributed by atoms with van der Waals surface area (Å²) in [5.41, 5.74) is 0.555. The van der Waals surface area contributed by atoms with Gasteiger partial charge in [-0.15, -0.1) is 0 Å². The maximum atomic E-state index is 13.7. The summed E-state index contributed by atoms with van der Waals surface area (Å²) in [5, 5.41) is 2.67. The van der Waals surface area contributed by atoms with E-state index in [1.165, 1.54) is 100 Å². The van der Waals surface area contributed by atoms with Crippen molar-refractivity contribution in [2.45, 2.75) is 90.0 Å². The highest BCUT2D eigenvalue weighted by atomic mass is 35.5. The molecule has 1 unspecified atom stereocenters. The third-order valence-corrected chi connectivity index (χ3v) is 8.66. The van der Waals surface area contributed by atoms with E-state index in [1.807, 2.05) is 0 Å². The summed E-state index contributed by atoms with van der Waals surface area (Å²) >= 11 is 6.37. The average molecular weight is 659 g/mol. The number of fused-ring (bicyclic) bond motifs is 1. The predicted molar refractivity (Wildman–Crippen MR) is 183 cm³/mol. The zero-order valence-corrected chi connectivity index (χ0v) is 27.7. The zero-order chi connectivity index (χ0) is 33.6. The molecule has 0 spiro atoms. The number of hydrogen-bond acceptors (Lipinski definition) is 6. The van der Waals surface area contributed by atoms with E-state index in [0.717, 1.165) is 19.3 Å². The van der Waals surface area contributed by atoms with Crippen molar-refractivity contribution in [2.24, 2.45) is 0 Å². The predicted octanol–water partition coefficient (Wildman–Crippen LogP) is 8.68. The van der Waals surface area contributed by atoms with Gasteiger partial charge < -0.3 is 10.1 Å². The Labute approximate surface area is 281 Å².